The number of ether oxygens (including phenoxy) is 3. The van der Waals surface area contributed by atoms with E-state index >= 15 is 0 Å². The zero-order valence-electron chi connectivity index (χ0n) is 33.5. The van der Waals surface area contributed by atoms with Crippen LogP contribution in [0, 0.1) is 5.92 Å². The lowest BCUT2D eigenvalue weighted by atomic mass is 9.89. The van der Waals surface area contributed by atoms with Crippen LogP contribution in [-0.2, 0) is 43.6 Å². The molecule has 0 saturated carbocycles. The first-order valence-electron chi connectivity index (χ1n) is 20.0. The highest BCUT2D eigenvalue weighted by Crippen LogP contribution is 2.42. The van der Waals surface area contributed by atoms with Crippen molar-refractivity contribution in [3.63, 3.8) is 0 Å². The highest BCUT2D eigenvalue weighted by Gasteiger charge is 2.41. The molecule has 0 aromatic heterocycles. The highest BCUT2D eigenvalue weighted by atomic mass is 16.7. The first kappa shape index (κ1) is 41.5. The number of aliphatic hydroxyl groups excluding tert-OH is 2. The number of likely N-dealkylation sites (N-methyl/N-ethyl adjacent to an activating group) is 1. The van der Waals surface area contributed by atoms with Gasteiger partial charge in [-0.1, -0.05) is 134 Å². The average molecular weight is 798 g/mol. The number of carbonyl (C=O) groups is 3. The number of likely N-dealkylation sites (tertiary alicyclic amines) is 1. The largest absolute Gasteiger partial charge is 0.445 e. The number of amides is 3. The Morgan fingerprint density at radius 1 is 0.831 bits per heavy atom. The van der Waals surface area contributed by atoms with Crippen LogP contribution in [0.2, 0.25) is 0 Å². The lowest BCUT2D eigenvalue weighted by Gasteiger charge is -2.43. The number of nitrogens with one attached hydrogen (secondary N) is 1. The number of rotatable bonds is 14. The van der Waals surface area contributed by atoms with E-state index in [1.54, 1.807) is 0 Å². The maximum absolute atomic E-state index is 13.2. The minimum absolute atomic E-state index is 0.0364. The first-order valence-corrected chi connectivity index (χ1v) is 20.0. The Balaban J connectivity index is 1.03. The maximum Gasteiger partial charge on any atom is 0.408 e. The Kier molecular flexibility index (Phi) is 13.3. The number of nitrogens with zero attached hydrogens (tertiary/aromatic N) is 2. The molecule has 2 aliphatic heterocycles. The minimum atomic E-state index is -0.988. The van der Waals surface area contributed by atoms with E-state index in [4.69, 9.17) is 14.2 Å². The number of carbonyl (C=O) groups excluding carboxylic acids is 3. The van der Waals surface area contributed by atoms with Crippen molar-refractivity contribution in [1.82, 2.24) is 15.1 Å². The molecule has 0 spiro atoms. The van der Waals surface area contributed by atoms with Crippen molar-refractivity contribution in [3.05, 3.63) is 167 Å². The van der Waals surface area contributed by atoms with Crippen molar-refractivity contribution in [1.29, 1.82) is 0 Å². The topological polar surface area (TPSA) is 138 Å². The monoisotopic (exact) mass is 797 g/mol. The van der Waals surface area contributed by atoms with Gasteiger partial charge in [-0.25, -0.2) is 4.79 Å². The third-order valence-corrected chi connectivity index (χ3v) is 11.4. The van der Waals surface area contributed by atoms with Crippen LogP contribution in [0.5, 0.6) is 0 Å². The Morgan fingerprint density at radius 3 is 2.19 bits per heavy atom. The van der Waals surface area contributed by atoms with Gasteiger partial charge in [-0.3, -0.25) is 19.4 Å². The predicted molar refractivity (Wildman–Crippen MR) is 222 cm³/mol. The summed E-state index contributed by atoms with van der Waals surface area (Å²) in [6.07, 6.45) is -2.78. The van der Waals surface area contributed by atoms with Gasteiger partial charge in [0, 0.05) is 24.1 Å². The van der Waals surface area contributed by atoms with E-state index in [0.29, 0.717) is 6.54 Å². The summed E-state index contributed by atoms with van der Waals surface area (Å²) in [5, 5.41) is 23.4. The van der Waals surface area contributed by atoms with Crippen molar-refractivity contribution in [2.24, 2.45) is 5.92 Å². The van der Waals surface area contributed by atoms with Gasteiger partial charge >= 0.3 is 6.09 Å². The summed E-state index contributed by atoms with van der Waals surface area (Å²) in [6.45, 7) is 4.77. The van der Waals surface area contributed by atoms with E-state index in [-0.39, 0.29) is 56.3 Å². The molecule has 2 fully saturated rings. The Hall–Kier alpha value is -5.69. The molecule has 7 rings (SSSR count). The predicted octanol–water partition coefficient (Wildman–Crippen LogP) is 7.25. The van der Waals surface area contributed by atoms with Crippen molar-refractivity contribution >= 4 is 17.9 Å². The van der Waals surface area contributed by atoms with Crippen molar-refractivity contribution < 1.29 is 38.8 Å². The minimum Gasteiger partial charge on any atom is -0.445 e. The number of alkyl carbamates (subject to hydrolysis) is 1. The number of benzene rings is 5. The fraction of sp³-hybridized carbons (Fsp3) is 0.312. The zero-order valence-corrected chi connectivity index (χ0v) is 33.5. The van der Waals surface area contributed by atoms with Crippen molar-refractivity contribution in [2.75, 3.05) is 13.6 Å². The van der Waals surface area contributed by atoms with Gasteiger partial charge in [0.1, 0.15) is 12.6 Å². The molecule has 7 unspecified atom stereocenters. The second-order valence-electron chi connectivity index (χ2n) is 15.5. The molecule has 306 valence electrons. The molecule has 0 bridgehead atoms. The molecule has 11 nitrogen and oxygen atoms in total. The standard InChI is InChI=1S/C48H51N3O8/c1-31-42(28-50(3)32(2)44(54)37-14-8-5-9-15-37)58-47(59-45(31)38-19-17-33(29-52)18-20-38)39-23-21-36(22-24-39)40-16-10-13-35(25-40)27-51-43(53)26-41(46(51)55)49-48(56)57-30-34-11-6-4-7-12-34/h4-25,31-32,41-42,44-45,47,52,54H,26-30H2,1-3H3,(H,49,56). The van der Waals surface area contributed by atoms with Crippen molar-refractivity contribution in [3.8, 4) is 11.1 Å². The van der Waals surface area contributed by atoms with Crippen LogP contribution in [0.15, 0.2) is 133 Å². The van der Waals surface area contributed by atoms with Crippen LogP contribution >= 0.6 is 0 Å². The highest BCUT2D eigenvalue weighted by molar-refractivity contribution is 6.06. The molecule has 2 saturated heterocycles. The molecule has 59 heavy (non-hydrogen) atoms. The van der Waals surface area contributed by atoms with E-state index in [2.05, 4.69) is 17.1 Å². The van der Waals surface area contributed by atoms with Crippen LogP contribution in [0.4, 0.5) is 4.79 Å². The molecule has 5 aromatic carbocycles. The van der Waals surface area contributed by atoms with Gasteiger partial charge in [-0.05, 0) is 59.0 Å². The van der Waals surface area contributed by atoms with E-state index < -0.39 is 30.4 Å². The molecular formula is C48H51N3O8. The molecule has 3 amide bonds. The molecule has 2 heterocycles. The molecule has 2 aliphatic rings. The smallest absolute Gasteiger partial charge is 0.408 e. The summed E-state index contributed by atoms with van der Waals surface area (Å²) in [4.78, 5) is 41.9. The van der Waals surface area contributed by atoms with E-state index in [1.165, 1.54) is 4.90 Å². The van der Waals surface area contributed by atoms with Crippen LogP contribution in [0.25, 0.3) is 11.1 Å². The van der Waals surface area contributed by atoms with E-state index in [1.807, 2.05) is 147 Å². The van der Waals surface area contributed by atoms with Gasteiger partial charge in [0.15, 0.2) is 6.29 Å². The van der Waals surface area contributed by atoms with Gasteiger partial charge < -0.3 is 29.7 Å². The number of hydrogen-bond donors (Lipinski definition) is 3. The molecular weight excluding hydrogens is 747 g/mol. The summed E-state index contributed by atoms with van der Waals surface area (Å²) in [7, 11) is 2.00. The second kappa shape index (κ2) is 18.9. The number of imide groups is 1. The number of hydrogen-bond acceptors (Lipinski definition) is 9. The molecule has 5 aromatic rings. The Bertz CT molecular complexity index is 2180. The van der Waals surface area contributed by atoms with Crippen LogP contribution in [0.1, 0.15) is 72.1 Å². The summed E-state index contributed by atoms with van der Waals surface area (Å²) in [6, 6.07) is 41.1. The lowest BCUT2D eigenvalue weighted by Crippen LogP contribution is -2.46. The summed E-state index contributed by atoms with van der Waals surface area (Å²) >= 11 is 0. The fourth-order valence-corrected chi connectivity index (χ4v) is 7.68. The van der Waals surface area contributed by atoms with Crippen molar-refractivity contribution in [2.45, 2.75) is 76.7 Å². The summed E-state index contributed by atoms with van der Waals surface area (Å²) < 4.78 is 18.7. The summed E-state index contributed by atoms with van der Waals surface area (Å²) in [5.41, 5.74) is 6.91. The third-order valence-electron chi connectivity index (χ3n) is 11.4. The fourth-order valence-electron chi connectivity index (χ4n) is 7.68. The summed E-state index contributed by atoms with van der Waals surface area (Å²) in [5.74, 6) is -0.878. The van der Waals surface area contributed by atoms with Crippen LogP contribution in [0.3, 0.4) is 0 Å². The van der Waals surface area contributed by atoms with Crippen LogP contribution in [-0.4, -0.2) is 69.7 Å². The Labute approximate surface area is 345 Å². The average Bonchev–Trinajstić information content (AvgIpc) is 3.53. The van der Waals surface area contributed by atoms with Gasteiger partial charge in [0.25, 0.3) is 5.91 Å². The van der Waals surface area contributed by atoms with E-state index in [0.717, 1.165) is 44.5 Å². The van der Waals surface area contributed by atoms with Gasteiger partial charge in [0.05, 0.1) is 37.9 Å². The molecule has 0 radical (unpaired) electrons. The quantitative estimate of drug-likeness (QED) is 0.0993. The van der Waals surface area contributed by atoms with Crippen LogP contribution < -0.4 is 5.32 Å². The van der Waals surface area contributed by atoms with E-state index in [9.17, 15) is 24.6 Å². The molecule has 3 N–H and O–H groups in total. The zero-order chi connectivity index (χ0) is 41.5. The maximum atomic E-state index is 13.2. The Morgan fingerprint density at radius 2 is 1.49 bits per heavy atom. The third kappa shape index (κ3) is 9.96. The van der Waals surface area contributed by atoms with Gasteiger partial charge in [-0.2, -0.15) is 0 Å². The number of aliphatic hydroxyl groups is 2. The SMILES string of the molecule is CC1C(CN(C)C(C)C(O)c2ccccc2)OC(c2ccc(-c3cccc(CN4C(=O)CC(NC(=O)OCc5ccccc5)C4=O)c3)cc2)OC1c1ccc(CO)cc1. The molecule has 7 atom stereocenters. The van der Waals surface area contributed by atoms with Gasteiger partial charge in [-0.15, -0.1) is 0 Å². The molecule has 0 aliphatic carbocycles. The lowest BCUT2D eigenvalue weighted by molar-refractivity contribution is -0.276. The second-order valence-corrected chi connectivity index (χ2v) is 15.5. The first-order chi connectivity index (χ1) is 28.6. The van der Waals surface area contributed by atoms with Gasteiger partial charge in [0.2, 0.25) is 5.91 Å². The molecule has 11 heteroatoms. The normalized spacial score (nSPS) is 21.7.